The zero-order valence-corrected chi connectivity index (χ0v) is 19.5. The van der Waals surface area contributed by atoms with Crippen LogP contribution in [-0.4, -0.2) is 39.5 Å². The molecule has 1 aliphatic carbocycles. The van der Waals surface area contributed by atoms with Crippen molar-refractivity contribution in [2.45, 2.75) is 39.2 Å². The van der Waals surface area contributed by atoms with Crippen LogP contribution in [0.4, 0.5) is 10.5 Å². The number of amides is 1. The van der Waals surface area contributed by atoms with Crippen molar-refractivity contribution in [3.63, 3.8) is 0 Å². The van der Waals surface area contributed by atoms with Gasteiger partial charge in [0.25, 0.3) is 5.56 Å². The first-order chi connectivity index (χ1) is 16.8. The van der Waals surface area contributed by atoms with Gasteiger partial charge in [-0.1, -0.05) is 25.1 Å². The number of aromatic nitrogens is 2. The molecule has 0 bridgehead atoms. The smallest absolute Gasteiger partial charge is 0.414 e. The summed E-state index contributed by atoms with van der Waals surface area (Å²) in [7, 11) is 0. The van der Waals surface area contributed by atoms with Crippen molar-refractivity contribution in [2.75, 3.05) is 18.1 Å². The van der Waals surface area contributed by atoms with Crippen molar-refractivity contribution < 1.29 is 19.4 Å². The molecule has 2 heterocycles. The highest BCUT2D eigenvalue weighted by Gasteiger charge is 2.32. The molecule has 1 fully saturated rings. The highest BCUT2D eigenvalue weighted by Crippen LogP contribution is 2.35. The van der Waals surface area contributed by atoms with Gasteiger partial charge < -0.3 is 9.84 Å². The second-order valence-corrected chi connectivity index (χ2v) is 8.75. The summed E-state index contributed by atoms with van der Waals surface area (Å²) in [5.41, 5.74) is 2.44. The third-order valence-electron chi connectivity index (χ3n) is 6.90. The fourth-order valence-electron chi connectivity index (χ4n) is 5.25. The molecule has 0 radical (unpaired) electrons. The molecule has 5 rings (SSSR count). The minimum absolute atomic E-state index is 0.138. The zero-order valence-electron chi connectivity index (χ0n) is 19.5. The first-order valence-corrected chi connectivity index (χ1v) is 11.6. The molecule has 9 heteroatoms. The van der Waals surface area contributed by atoms with Gasteiger partial charge in [0.05, 0.1) is 18.3 Å². The zero-order chi connectivity index (χ0) is 24.9. The van der Waals surface area contributed by atoms with E-state index in [-0.39, 0.29) is 12.1 Å². The monoisotopic (exact) mass is 475 g/mol. The Morgan fingerprint density at radius 3 is 2.43 bits per heavy atom. The molecule has 1 saturated heterocycles. The largest absolute Gasteiger partial charge is 0.477 e. The Balaban J connectivity index is 1.72. The van der Waals surface area contributed by atoms with Gasteiger partial charge in [-0.05, 0) is 67.1 Å². The molecule has 1 amide bonds. The number of carbonyl (C=O) groups excluding carboxylic acids is 1. The van der Waals surface area contributed by atoms with Gasteiger partial charge in [-0.15, -0.1) is 0 Å². The van der Waals surface area contributed by atoms with Crippen LogP contribution in [0, 0.1) is 6.92 Å². The van der Waals surface area contributed by atoms with Crippen molar-refractivity contribution in [2.24, 2.45) is 0 Å². The van der Waals surface area contributed by atoms with Crippen LogP contribution in [-0.2, 0) is 17.6 Å². The van der Waals surface area contributed by atoms with E-state index in [0.29, 0.717) is 37.4 Å². The van der Waals surface area contributed by atoms with Gasteiger partial charge in [-0.3, -0.25) is 18.8 Å². The van der Waals surface area contributed by atoms with Crippen LogP contribution in [0.1, 0.15) is 52.1 Å². The van der Waals surface area contributed by atoms with Crippen LogP contribution in [0.5, 0.6) is 0 Å². The van der Waals surface area contributed by atoms with Crippen LogP contribution < -0.4 is 16.1 Å². The number of hydrogen-bond donors (Lipinski definition) is 1. The van der Waals surface area contributed by atoms with E-state index >= 15 is 0 Å². The molecular formula is C26H25N3O6. The number of aryl methyl sites for hydroxylation is 1. The second kappa shape index (κ2) is 8.57. The minimum Gasteiger partial charge on any atom is -0.477 e. The lowest BCUT2D eigenvalue weighted by Crippen LogP contribution is -2.46. The average molecular weight is 476 g/mol. The molecule has 1 aliphatic heterocycles. The number of carboxylic acids is 1. The van der Waals surface area contributed by atoms with E-state index in [2.05, 4.69) is 0 Å². The number of fused-ring (bicyclic) bond motifs is 1. The van der Waals surface area contributed by atoms with E-state index in [1.807, 2.05) is 25.1 Å². The summed E-state index contributed by atoms with van der Waals surface area (Å²) in [6, 6.07) is 11.9. The summed E-state index contributed by atoms with van der Waals surface area (Å²) in [5.74, 6) is -1.37. The highest BCUT2D eigenvalue weighted by atomic mass is 16.6. The van der Waals surface area contributed by atoms with Gasteiger partial charge in [0, 0.05) is 11.4 Å². The van der Waals surface area contributed by atoms with Gasteiger partial charge in [-0.25, -0.2) is 14.4 Å². The van der Waals surface area contributed by atoms with Crippen LogP contribution in [0.15, 0.2) is 52.1 Å². The molecular weight excluding hydrogens is 450 g/mol. The quantitative estimate of drug-likeness (QED) is 0.607. The van der Waals surface area contributed by atoms with E-state index in [1.54, 1.807) is 31.2 Å². The molecule has 1 unspecified atom stereocenters. The van der Waals surface area contributed by atoms with Crippen LogP contribution in [0.25, 0.3) is 5.69 Å². The molecule has 1 aromatic heterocycles. The van der Waals surface area contributed by atoms with Crippen molar-refractivity contribution in [3.8, 4) is 5.69 Å². The summed E-state index contributed by atoms with van der Waals surface area (Å²) >= 11 is 0. The average Bonchev–Trinajstić information content (AvgIpc) is 3.46. The van der Waals surface area contributed by atoms with Crippen LogP contribution in [0.2, 0.25) is 0 Å². The Morgan fingerprint density at radius 1 is 1.09 bits per heavy atom. The minimum atomic E-state index is -1.37. The molecule has 35 heavy (non-hydrogen) atoms. The number of ether oxygens (including phenoxy) is 1. The number of rotatable bonds is 5. The van der Waals surface area contributed by atoms with Crippen molar-refractivity contribution in [1.29, 1.82) is 0 Å². The molecule has 0 saturated carbocycles. The fourth-order valence-corrected chi connectivity index (χ4v) is 5.25. The molecule has 0 spiro atoms. The fraction of sp³-hybridized carbons (Fsp3) is 0.308. The van der Waals surface area contributed by atoms with Crippen LogP contribution in [0.3, 0.4) is 0 Å². The lowest BCUT2D eigenvalue weighted by Gasteiger charge is -2.21. The van der Waals surface area contributed by atoms with Crippen molar-refractivity contribution in [1.82, 2.24) is 9.13 Å². The Bertz CT molecular complexity index is 1470. The van der Waals surface area contributed by atoms with Crippen LogP contribution >= 0.6 is 0 Å². The SMILES string of the molecule is CCc1c(C(=O)O)c(=O)n(C2CCc3c(C)cccc32)c(=O)n1-c1ccc(N2CCOC2=O)cc1. The second-order valence-electron chi connectivity index (χ2n) is 8.75. The molecule has 9 nitrogen and oxygen atoms in total. The predicted molar refractivity (Wildman–Crippen MR) is 129 cm³/mol. The Kier molecular flexibility index (Phi) is 5.55. The van der Waals surface area contributed by atoms with E-state index in [4.69, 9.17) is 4.74 Å². The number of hydrogen-bond acceptors (Lipinski definition) is 5. The first kappa shape index (κ1) is 22.6. The molecule has 180 valence electrons. The van der Waals surface area contributed by atoms with Gasteiger partial charge in [-0.2, -0.15) is 0 Å². The van der Waals surface area contributed by atoms with Gasteiger partial charge >= 0.3 is 17.8 Å². The Morgan fingerprint density at radius 2 is 1.80 bits per heavy atom. The normalized spacial score (nSPS) is 16.9. The number of anilines is 1. The van der Waals surface area contributed by atoms with Crippen molar-refractivity contribution in [3.05, 3.63) is 91.3 Å². The third kappa shape index (κ3) is 3.54. The number of cyclic esters (lactones) is 1. The number of nitrogens with zero attached hydrogens (tertiary/aromatic N) is 3. The maximum Gasteiger partial charge on any atom is 0.414 e. The van der Waals surface area contributed by atoms with E-state index < -0.39 is 34.9 Å². The summed E-state index contributed by atoms with van der Waals surface area (Å²) < 4.78 is 7.39. The predicted octanol–water partition coefficient (Wildman–Crippen LogP) is 3.06. The molecule has 1 N–H and O–H groups in total. The first-order valence-electron chi connectivity index (χ1n) is 11.6. The third-order valence-corrected chi connectivity index (χ3v) is 6.90. The number of benzene rings is 2. The highest BCUT2D eigenvalue weighted by molar-refractivity contribution is 5.90. The number of carbonyl (C=O) groups is 2. The van der Waals surface area contributed by atoms with Gasteiger partial charge in [0.2, 0.25) is 0 Å². The number of carboxylic acid groups (broad SMARTS) is 1. The molecule has 1 atom stereocenters. The molecule has 3 aromatic rings. The topological polar surface area (TPSA) is 111 Å². The number of aromatic carboxylic acids is 1. The summed E-state index contributed by atoms with van der Waals surface area (Å²) in [5, 5.41) is 9.98. The Hall–Kier alpha value is -4.14. The standard InChI is InChI=1S/C26H25N3O6/c1-3-20-22(24(31)32)23(30)29(21-12-11-18-15(2)5-4-6-19(18)21)25(33)28(20)17-9-7-16(8-10-17)27-13-14-35-26(27)34/h4-10,21H,3,11-14H2,1-2H3,(H,31,32). The van der Waals surface area contributed by atoms with E-state index in [1.165, 1.54) is 9.47 Å². The molecule has 2 aromatic carbocycles. The maximum atomic E-state index is 13.9. The maximum absolute atomic E-state index is 13.9. The van der Waals surface area contributed by atoms with Gasteiger partial charge in [0.1, 0.15) is 12.2 Å². The Labute approximate surface area is 200 Å². The lowest BCUT2D eigenvalue weighted by atomic mass is 10.0. The van der Waals surface area contributed by atoms with E-state index in [9.17, 15) is 24.3 Å². The summed E-state index contributed by atoms with van der Waals surface area (Å²) in [4.78, 5) is 52.9. The lowest BCUT2D eigenvalue weighted by molar-refractivity contribution is 0.0691. The summed E-state index contributed by atoms with van der Waals surface area (Å²) in [6.45, 7) is 4.43. The van der Waals surface area contributed by atoms with E-state index in [0.717, 1.165) is 21.3 Å². The van der Waals surface area contributed by atoms with Crippen molar-refractivity contribution >= 4 is 17.7 Å². The van der Waals surface area contributed by atoms with Gasteiger partial charge in [0.15, 0.2) is 0 Å². The molecule has 2 aliphatic rings. The summed E-state index contributed by atoms with van der Waals surface area (Å²) in [6.07, 6.45) is 0.974.